The van der Waals surface area contributed by atoms with Gasteiger partial charge in [-0.3, -0.25) is 4.79 Å². The second-order valence-electron chi connectivity index (χ2n) is 16.0. The molecule has 0 aromatic carbocycles. The third-order valence-electron chi connectivity index (χ3n) is 11.5. The summed E-state index contributed by atoms with van der Waals surface area (Å²) in [5.74, 6) is -2.99. The molecule has 3 aliphatic rings. The average Bonchev–Trinajstić information content (AvgIpc) is 3.18. The van der Waals surface area contributed by atoms with Crippen LogP contribution in [0.2, 0.25) is 0 Å². The van der Waals surface area contributed by atoms with Crippen molar-refractivity contribution in [2.75, 3.05) is 34.4 Å². The van der Waals surface area contributed by atoms with Crippen molar-refractivity contribution in [2.45, 2.75) is 135 Å². The maximum Gasteiger partial charge on any atom is 0.186 e. The predicted octanol–water partition coefficient (Wildman–Crippen LogP) is 5.31. The number of Topliss-reactive ketones (excluding diaryl/α,β-unsaturated/α-hetero) is 1. The van der Waals surface area contributed by atoms with Crippen LogP contribution in [0.3, 0.4) is 0 Å². The molecule has 333 valence electrons. The van der Waals surface area contributed by atoms with Gasteiger partial charge in [0, 0.05) is 260 Å². The molecule has 3 fully saturated rings. The van der Waals surface area contributed by atoms with E-state index in [1.165, 1.54) is 6.92 Å². The number of rotatable bonds is 8. The SMILES string of the molecule is C=C1[C@H](C)C[C@@]2(C)OC/C(=N/OCc3ccc([CH2-])cn3)CO[C@H]([C@H]1C)[C@](C)(O)[C@@H](CC)OC(=O)[C-](C)C(=O)[C@H](C)[C@H]2O[C@@H]1O[C@H](C)C[C@H](N(C)C)[C@H]1OC.[3H][CH2-].[Y].[Y].[Y].[Y].[Y].[Y].[Y]. The number of aromatic nitrogens is 1. The summed E-state index contributed by atoms with van der Waals surface area (Å²) in [4.78, 5) is 40.4. The molecule has 12 atom stereocenters. The van der Waals surface area contributed by atoms with Crippen LogP contribution in [0.25, 0.3) is 0 Å². The molecule has 4 rings (SSSR count). The Bertz CT molecular complexity index is 1510. The van der Waals surface area contributed by atoms with Gasteiger partial charge in [-0.25, -0.2) is 7.29 Å². The van der Waals surface area contributed by atoms with Crippen LogP contribution in [-0.2, 0) is 278 Å². The first-order valence-corrected chi connectivity index (χ1v) is 19.0. The molecule has 0 aliphatic carbocycles. The number of carbonyl (C=O) groups is 2. The summed E-state index contributed by atoms with van der Waals surface area (Å²) < 4.78 is 44.3. The molecule has 0 saturated carbocycles. The van der Waals surface area contributed by atoms with Gasteiger partial charge in [-0.1, -0.05) is 57.3 Å². The van der Waals surface area contributed by atoms with Crippen molar-refractivity contribution in [2.24, 2.45) is 22.9 Å². The Morgan fingerprint density at radius 1 is 1.06 bits per heavy atom. The van der Waals surface area contributed by atoms with E-state index in [9.17, 15) is 14.7 Å². The minimum absolute atomic E-state index is 0. The zero-order valence-corrected chi connectivity index (χ0v) is 58.7. The molecule has 3 aliphatic heterocycles. The molecule has 7 radical (unpaired) electrons. The molecule has 1 N–H and O–H groups in total. The van der Waals surface area contributed by atoms with Crippen molar-refractivity contribution in [3.05, 3.63) is 62.0 Å². The first-order chi connectivity index (χ1) is 26.3. The van der Waals surface area contributed by atoms with E-state index in [2.05, 4.69) is 35.9 Å². The number of ether oxygens (including phenoxy) is 6. The normalized spacial score (nSPS) is 33.6. The molecule has 0 spiro atoms. The summed E-state index contributed by atoms with van der Waals surface area (Å²) in [6.45, 7) is 22.7. The molecule has 2 bridgehead atoms. The van der Waals surface area contributed by atoms with Gasteiger partial charge in [0.15, 0.2) is 18.9 Å². The third kappa shape index (κ3) is 19.9. The van der Waals surface area contributed by atoms with E-state index in [0.717, 1.165) is 11.1 Å². The van der Waals surface area contributed by atoms with Crippen LogP contribution < -0.4 is 0 Å². The summed E-state index contributed by atoms with van der Waals surface area (Å²) in [6.07, 6.45) is -1.49. The number of cyclic esters (lactones) is 1. The van der Waals surface area contributed by atoms with Gasteiger partial charge in [0.05, 0.1) is 42.8 Å². The van der Waals surface area contributed by atoms with Gasteiger partial charge in [-0.15, -0.1) is 0 Å². The third-order valence-corrected chi connectivity index (χ3v) is 11.5. The smallest absolute Gasteiger partial charge is 0.186 e. The van der Waals surface area contributed by atoms with Crippen molar-refractivity contribution >= 4 is 17.5 Å². The number of nitrogens with zero attached hydrogens (tertiary/aromatic N) is 3. The molecule has 20 heteroatoms. The van der Waals surface area contributed by atoms with Gasteiger partial charge in [0.2, 0.25) is 0 Å². The quantitative estimate of drug-likeness (QED) is 0.156. The van der Waals surface area contributed by atoms with E-state index in [1.807, 2.05) is 47.9 Å². The maximum atomic E-state index is 14.4. The van der Waals surface area contributed by atoms with Crippen molar-refractivity contribution in [1.29, 1.82) is 0 Å². The van der Waals surface area contributed by atoms with E-state index >= 15 is 0 Å². The Hall–Kier alpha value is 4.69. The van der Waals surface area contributed by atoms with Crippen molar-refractivity contribution in [3.63, 3.8) is 0 Å². The van der Waals surface area contributed by atoms with Crippen LogP contribution in [-0.4, -0.2) is 121 Å². The number of ketones is 1. The first kappa shape index (κ1) is 73.2. The number of pyridine rings is 1. The number of esters is 1. The summed E-state index contributed by atoms with van der Waals surface area (Å²) >= 11 is 0. The van der Waals surface area contributed by atoms with Gasteiger partial charge < -0.3 is 60.4 Å². The molecular weight excluding hydrogens is 1330 g/mol. The van der Waals surface area contributed by atoms with Crippen LogP contribution >= 0.6 is 0 Å². The molecule has 3 saturated heterocycles. The number of carbonyl (C=O) groups excluding carboxylic acids is 2. The van der Waals surface area contributed by atoms with E-state index in [1.54, 1.807) is 40.1 Å². The van der Waals surface area contributed by atoms with Gasteiger partial charge in [0.1, 0.15) is 23.5 Å². The topological polar surface area (TPSA) is 147 Å². The zero-order valence-electron chi connectivity index (χ0n) is 39.9. The molecule has 0 unspecified atom stereocenters. The number of oxime groups is 1. The maximum absolute atomic E-state index is 14.4. The molecular formula is C42H66N3O10Y7-3. The van der Waals surface area contributed by atoms with Crippen LogP contribution in [0.1, 0.15) is 87.3 Å². The second kappa shape index (κ2) is 34.9. The summed E-state index contributed by atoms with van der Waals surface area (Å²) in [5, 5.41) is 16.7. The molecule has 0 amide bonds. The average molecular weight is 1400 g/mol. The van der Waals surface area contributed by atoms with E-state index in [-0.39, 0.29) is 279 Å². The number of fused-ring (bicyclic) bond motifs is 5. The predicted molar refractivity (Wildman–Crippen MR) is 209 cm³/mol. The minimum Gasteiger partial charge on any atom is -0.481 e. The van der Waals surface area contributed by atoms with Gasteiger partial charge in [0.25, 0.3) is 0 Å². The Balaban J connectivity index is -0.00000123. The molecule has 1 aromatic rings. The number of aliphatic hydroxyl groups is 1. The van der Waals surface area contributed by atoms with Gasteiger partial charge in [-0.2, -0.15) is 25.5 Å². The second-order valence-corrected chi connectivity index (χ2v) is 16.0. The van der Waals surface area contributed by atoms with Crippen molar-refractivity contribution in [1.82, 2.24) is 9.88 Å². The Labute approximate surface area is 550 Å². The summed E-state index contributed by atoms with van der Waals surface area (Å²) in [7, 11) is 8.09. The standard InChI is InChI=1S/C41H63N3O10.CH3.7Y/c1-14-33-41(10,47)37-27(6)26(5)24(3)18-40(9,50-21-31(20-49-37)43-51-22-30-16-15-23(2)19-42-30)36(28(7)34(45)29(8)38(46)53-33)54-39-35(48-13)32(44(11)12)17-25(4)52-39;;;;;;;;/h15-16,19,24-25,27-28,32-33,35-37,39,47H,2,5,14,17-18,20-22H2,1,3-4,6-13H3;1H3;;;;;;;/q-2;-1;;;;;;;/b43-31+;;;;;;;;/t24-,25-,27+,28+,32+,33-,35-,36-,37-,39+,40-,41-;;;;;;;;/m1......../s1/i;1T;;;;;;;. The Morgan fingerprint density at radius 3 is 2.21 bits per heavy atom. The van der Waals surface area contributed by atoms with Crippen molar-refractivity contribution in [3.8, 4) is 0 Å². The largest absolute Gasteiger partial charge is 0.481 e. The van der Waals surface area contributed by atoms with Crippen molar-refractivity contribution < 1.29 is 278 Å². The molecule has 62 heavy (non-hydrogen) atoms. The van der Waals surface area contributed by atoms with Crippen LogP contribution in [0, 0.1) is 38.0 Å². The summed E-state index contributed by atoms with van der Waals surface area (Å²) in [6, 6.07) is 3.60. The minimum atomic E-state index is -1.70. The number of methoxy groups -OCH3 is 1. The van der Waals surface area contributed by atoms with E-state index in [0.29, 0.717) is 24.2 Å². The summed E-state index contributed by atoms with van der Waals surface area (Å²) in [5.41, 5.74) is -0.310. The number of hydrogen-bond donors (Lipinski definition) is 1. The monoisotopic (exact) mass is 1400 g/mol. The van der Waals surface area contributed by atoms with Gasteiger partial charge in [-0.05, 0) is 60.0 Å². The zero-order chi connectivity index (χ0) is 42.1. The first-order valence-electron chi connectivity index (χ1n) is 19.7. The molecule has 13 nitrogen and oxygen atoms in total. The van der Waals surface area contributed by atoms with E-state index in [4.69, 9.17) is 34.6 Å². The Morgan fingerprint density at radius 2 is 1.68 bits per heavy atom. The molecule has 1 aromatic heterocycles. The number of likely N-dealkylation sites (N-methyl/N-ethyl adjacent to an activating group) is 1. The Kier molecular flexibility index (Phi) is 41.3. The number of hydrogen-bond acceptors (Lipinski definition) is 13. The van der Waals surface area contributed by atoms with Crippen LogP contribution in [0.4, 0.5) is 0 Å². The fourth-order valence-electron chi connectivity index (χ4n) is 8.15. The van der Waals surface area contributed by atoms with Crippen LogP contribution in [0.15, 0.2) is 35.6 Å². The van der Waals surface area contributed by atoms with E-state index < -0.39 is 65.5 Å². The molecule has 4 heterocycles. The van der Waals surface area contributed by atoms with Crippen LogP contribution in [0.5, 0.6) is 0 Å². The fourth-order valence-corrected chi connectivity index (χ4v) is 8.15. The van der Waals surface area contributed by atoms with Gasteiger partial charge >= 0.3 is 0 Å². The fraction of sp³-hybridized carbons (Fsp3) is 0.690.